The Bertz CT molecular complexity index is 1170. The maximum Gasteiger partial charge on any atom is 0.276 e. The van der Waals surface area contributed by atoms with E-state index in [0.29, 0.717) is 11.4 Å². The summed E-state index contributed by atoms with van der Waals surface area (Å²) in [6.45, 7) is 3.46. The van der Waals surface area contributed by atoms with Gasteiger partial charge in [-0.25, -0.2) is 13.1 Å². The number of hydrogen-bond acceptors (Lipinski definition) is 5. The molecule has 0 fully saturated rings. The molecule has 1 aromatic heterocycles. The first-order valence-corrected chi connectivity index (χ1v) is 10.3. The monoisotopic (exact) mass is 412 g/mol. The Hall–Kier alpha value is -3.30. The van der Waals surface area contributed by atoms with Gasteiger partial charge in [-0.1, -0.05) is 18.2 Å². The second-order valence-corrected chi connectivity index (χ2v) is 8.27. The summed E-state index contributed by atoms with van der Waals surface area (Å²) in [4.78, 5) is 24.7. The lowest BCUT2D eigenvalue weighted by Gasteiger charge is -2.11. The second kappa shape index (κ2) is 8.38. The number of anilines is 1. The van der Waals surface area contributed by atoms with Crippen LogP contribution >= 0.6 is 0 Å². The minimum absolute atomic E-state index is 0.0478. The highest BCUT2D eigenvalue weighted by Crippen LogP contribution is 2.15. The SMILES string of the molecule is CC(C)NS(=O)(=O)c1ccc(NC(=O)c2ccc(=O)n(-c3ccccc3)n2)cc1. The first-order valence-electron chi connectivity index (χ1n) is 8.86. The fraction of sp³-hybridized carbons (Fsp3) is 0.150. The van der Waals surface area contributed by atoms with Crippen LogP contribution in [-0.4, -0.2) is 30.1 Å². The zero-order valence-electron chi connectivity index (χ0n) is 15.9. The van der Waals surface area contributed by atoms with Crippen molar-refractivity contribution in [2.75, 3.05) is 5.32 Å². The van der Waals surface area contributed by atoms with Crippen LogP contribution in [0.1, 0.15) is 24.3 Å². The highest BCUT2D eigenvalue weighted by molar-refractivity contribution is 7.89. The molecule has 0 saturated heterocycles. The third-order valence-electron chi connectivity index (χ3n) is 3.85. The van der Waals surface area contributed by atoms with Crippen molar-refractivity contribution in [3.05, 3.63) is 82.8 Å². The van der Waals surface area contributed by atoms with Crippen molar-refractivity contribution in [2.24, 2.45) is 0 Å². The minimum Gasteiger partial charge on any atom is -0.321 e. The molecular weight excluding hydrogens is 392 g/mol. The number of amides is 1. The average Bonchev–Trinajstić information content (AvgIpc) is 2.68. The smallest absolute Gasteiger partial charge is 0.276 e. The predicted octanol–water partition coefficient (Wildman–Crippen LogP) is 2.17. The summed E-state index contributed by atoms with van der Waals surface area (Å²) in [6, 6.07) is 16.9. The zero-order chi connectivity index (χ0) is 21.0. The summed E-state index contributed by atoms with van der Waals surface area (Å²) >= 11 is 0. The van der Waals surface area contributed by atoms with Crippen molar-refractivity contribution < 1.29 is 13.2 Å². The molecule has 3 rings (SSSR count). The quantitative estimate of drug-likeness (QED) is 0.645. The van der Waals surface area contributed by atoms with Gasteiger partial charge in [-0.05, 0) is 56.3 Å². The molecule has 0 unspecified atom stereocenters. The number of nitrogens with one attached hydrogen (secondary N) is 2. The van der Waals surface area contributed by atoms with Gasteiger partial charge >= 0.3 is 0 Å². The van der Waals surface area contributed by atoms with Crippen LogP contribution in [0.3, 0.4) is 0 Å². The Morgan fingerprint density at radius 3 is 2.24 bits per heavy atom. The van der Waals surface area contributed by atoms with Crippen LogP contribution in [0.2, 0.25) is 0 Å². The Morgan fingerprint density at radius 2 is 1.62 bits per heavy atom. The molecule has 150 valence electrons. The van der Waals surface area contributed by atoms with Gasteiger partial charge in [0.2, 0.25) is 10.0 Å². The van der Waals surface area contributed by atoms with E-state index >= 15 is 0 Å². The van der Waals surface area contributed by atoms with E-state index in [9.17, 15) is 18.0 Å². The predicted molar refractivity (Wildman–Crippen MR) is 110 cm³/mol. The van der Waals surface area contributed by atoms with Crippen LogP contribution in [0.15, 0.2) is 76.4 Å². The molecule has 0 aliphatic heterocycles. The molecule has 29 heavy (non-hydrogen) atoms. The van der Waals surface area contributed by atoms with E-state index in [1.54, 1.807) is 38.1 Å². The van der Waals surface area contributed by atoms with Gasteiger partial charge in [-0.2, -0.15) is 9.78 Å². The first-order chi connectivity index (χ1) is 13.8. The molecule has 2 N–H and O–H groups in total. The van der Waals surface area contributed by atoms with E-state index in [-0.39, 0.29) is 22.2 Å². The molecular formula is C20H20N4O4S. The third-order valence-corrected chi connectivity index (χ3v) is 5.52. The van der Waals surface area contributed by atoms with Crippen LogP contribution in [-0.2, 0) is 10.0 Å². The Morgan fingerprint density at radius 1 is 0.966 bits per heavy atom. The lowest BCUT2D eigenvalue weighted by atomic mass is 10.3. The van der Waals surface area contributed by atoms with E-state index in [1.807, 2.05) is 6.07 Å². The number of para-hydroxylation sites is 1. The standard InChI is InChI=1S/C20H20N4O4S/c1-14(2)23-29(27,28)17-10-8-15(9-11-17)21-20(26)18-12-13-19(25)24(22-18)16-6-4-3-5-7-16/h3-14,23H,1-2H3,(H,21,26). The summed E-state index contributed by atoms with van der Waals surface area (Å²) in [6.07, 6.45) is 0. The van der Waals surface area contributed by atoms with Gasteiger partial charge in [0.25, 0.3) is 11.5 Å². The second-order valence-electron chi connectivity index (χ2n) is 6.56. The Labute approximate surface area is 168 Å². The van der Waals surface area contributed by atoms with Gasteiger partial charge in [0, 0.05) is 17.8 Å². The van der Waals surface area contributed by atoms with E-state index in [1.165, 1.54) is 36.4 Å². The lowest BCUT2D eigenvalue weighted by Crippen LogP contribution is -2.30. The zero-order valence-corrected chi connectivity index (χ0v) is 16.7. The molecule has 2 aromatic carbocycles. The van der Waals surface area contributed by atoms with Crippen LogP contribution < -0.4 is 15.6 Å². The molecule has 9 heteroatoms. The largest absolute Gasteiger partial charge is 0.321 e. The van der Waals surface area contributed by atoms with Gasteiger partial charge in [-0.15, -0.1) is 0 Å². The maximum absolute atomic E-state index is 12.5. The van der Waals surface area contributed by atoms with Gasteiger partial charge in [-0.3, -0.25) is 9.59 Å². The molecule has 0 aliphatic carbocycles. The molecule has 0 spiro atoms. The van der Waals surface area contributed by atoms with Crippen LogP contribution in [0.5, 0.6) is 0 Å². The molecule has 8 nitrogen and oxygen atoms in total. The normalized spacial score (nSPS) is 11.4. The van der Waals surface area contributed by atoms with E-state index in [2.05, 4.69) is 15.1 Å². The molecule has 1 heterocycles. The highest BCUT2D eigenvalue weighted by atomic mass is 32.2. The molecule has 0 bridgehead atoms. The van der Waals surface area contributed by atoms with Gasteiger partial charge in [0.1, 0.15) is 5.69 Å². The number of aromatic nitrogens is 2. The maximum atomic E-state index is 12.5. The summed E-state index contributed by atoms with van der Waals surface area (Å²) in [5, 5.41) is 6.76. The van der Waals surface area contributed by atoms with E-state index in [0.717, 1.165) is 4.68 Å². The van der Waals surface area contributed by atoms with Gasteiger partial charge in [0.15, 0.2) is 0 Å². The number of hydrogen-bond donors (Lipinski definition) is 2. The van der Waals surface area contributed by atoms with Crippen molar-refractivity contribution in [1.29, 1.82) is 0 Å². The number of nitrogens with zero attached hydrogens (tertiary/aromatic N) is 2. The Kier molecular flexibility index (Phi) is 5.90. The first kappa shape index (κ1) is 20.4. The van der Waals surface area contributed by atoms with E-state index < -0.39 is 15.9 Å². The van der Waals surface area contributed by atoms with Crippen molar-refractivity contribution in [3.63, 3.8) is 0 Å². The number of sulfonamides is 1. The highest BCUT2D eigenvalue weighted by Gasteiger charge is 2.16. The third kappa shape index (κ3) is 4.95. The van der Waals surface area contributed by atoms with Crippen molar-refractivity contribution in [1.82, 2.24) is 14.5 Å². The van der Waals surface area contributed by atoms with Gasteiger partial charge < -0.3 is 5.32 Å². The van der Waals surface area contributed by atoms with Crippen molar-refractivity contribution in [3.8, 4) is 5.69 Å². The fourth-order valence-electron chi connectivity index (χ4n) is 2.58. The molecule has 0 atom stereocenters. The van der Waals surface area contributed by atoms with Crippen molar-refractivity contribution in [2.45, 2.75) is 24.8 Å². The van der Waals surface area contributed by atoms with Crippen LogP contribution in [0.4, 0.5) is 5.69 Å². The number of carbonyl (C=O) groups excluding carboxylic acids is 1. The average molecular weight is 412 g/mol. The summed E-state index contributed by atoms with van der Waals surface area (Å²) in [5.74, 6) is -0.523. The molecule has 0 aliphatic rings. The number of benzene rings is 2. The van der Waals surface area contributed by atoms with Crippen molar-refractivity contribution >= 4 is 21.6 Å². The molecule has 0 radical (unpaired) electrons. The minimum atomic E-state index is -3.61. The summed E-state index contributed by atoms with van der Waals surface area (Å²) in [7, 11) is -3.61. The van der Waals surface area contributed by atoms with Crippen LogP contribution in [0.25, 0.3) is 5.69 Å². The molecule has 1 amide bonds. The lowest BCUT2D eigenvalue weighted by molar-refractivity contribution is 0.102. The topological polar surface area (TPSA) is 110 Å². The molecule has 0 saturated carbocycles. The fourth-order valence-corrected chi connectivity index (χ4v) is 3.83. The number of carbonyl (C=O) groups is 1. The number of rotatable bonds is 6. The summed E-state index contributed by atoms with van der Waals surface area (Å²) in [5.41, 5.74) is 0.628. The summed E-state index contributed by atoms with van der Waals surface area (Å²) < 4.78 is 28.0. The molecule has 3 aromatic rings. The van der Waals surface area contributed by atoms with Crippen LogP contribution in [0, 0.1) is 0 Å². The van der Waals surface area contributed by atoms with E-state index in [4.69, 9.17) is 0 Å². The Balaban J connectivity index is 1.80. The van der Waals surface area contributed by atoms with Gasteiger partial charge in [0.05, 0.1) is 10.6 Å².